The van der Waals surface area contributed by atoms with Crippen molar-refractivity contribution in [1.82, 2.24) is 9.88 Å². The molecule has 1 saturated heterocycles. The molecule has 25 heavy (non-hydrogen) atoms. The number of halogens is 3. The highest BCUT2D eigenvalue weighted by atomic mass is 19.4. The van der Waals surface area contributed by atoms with Crippen LogP contribution in [0.5, 0.6) is 0 Å². The van der Waals surface area contributed by atoms with Crippen LogP contribution in [0.1, 0.15) is 10.4 Å². The molecule has 2 aromatic rings. The van der Waals surface area contributed by atoms with E-state index >= 15 is 0 Å². The molecule has 1 fully saturated rings. The molecule has 0 unspecified atom stereocenters. The normalized spacial score (nSPS) is 20.8. The van der Waals surface area contributed by atoms with Gasteiger partial charge in [0.05, 0.1) is 11.8 Å². The number of pyridine rings is 1. The van der Waals surface area contributed by atoms with Crippen molar-refractivity contribution in [3.63, 3.8) is 0 Å². The Morgan fingerprint density at radius 1 is 1.20 bits per heavy atom. The number of aromatic amines is 1. The number of amides is 1. The molecule has 0 aliphatic carbocycles. The average Bonchev–Trinajstić information content (AvgIpc) is 2.99. The lowest BCUT2D eigenvalue weighted by Crippen LogP contribution is -2.35. The van der Waals surface area contributed by atoms with Crippen molar-refractivity contribution in [3.8, 4) is 0 Å². The average molecular weight is 354 g/mol. The molecule has 1 aliphatic rings. The van der Waals surface area contributed by atoms with E-state index in [0.29, 0.717) is 10.9 Å². The van der Waals surface area contributed by atoms with Crippen LogP contribution in [-0.4, -0.2) is 46.1 Å². The van der Waals surface area contributed by atoms with Crippen LogP contribution in [0.15, 0.2) is 35.1 Å². The van der Waals surface area contributed by atoms with Gasteiger partial charge in [0.2, 0.25) is 0 Å². The number of carbonyl (C=O) groups is 2. The number of carbonyl (C=O) groups excluding carboxylic acids is 1. The second-order valence-electron chi connectivity index (χ2n) is 5.90. The van der Waals surface area contributed by atoms with Crippen molar-refractivity contribution >= 4 is 22.8 Å². The molecule has 9 heteroatoms. The van der Waals surface area contributed by atoms with Crippen LogP contribution < -0.4 is 5.56 Å². The second kappa shape index (κ2) is 5.91. The quantitative estimate of drug-likeness (QED) is 0.861. The number of aromatic nitrogens is 1. The lowest BCUT2D eigenvalue weighted by atomic mass is 9.96. The molecule has 3 rings (SSSR count). The number of benzene rings is 1. The van der Waals surface area contributed by atoms with E-state index < -0.39 is 48.5 Å². The van der Waals surface area contributed by atoms with Gasteiger partial charge in [0.15, 0.2) is 0 Å². The first-order valence-corrected chi connectivity index (χ1v) is 7.39. The highest BCUT2D eigenvalue weighted by Crippen LogP contribution is 2.38. The summed E-state index contributed by atoms with van der Waals surface area (Å²) in [5.74, 6) is -6.44. The first kappa shape index (κ1) is 17.0. The lowest BCUT2D eigenvalue weighted by molar-refractivity contribution is -0.187. The Morgan fingerprint density at radius 2 is 1.88 bits per heavy atom. The van der Waals surface area contributed by atoms with Crippen LogP contribution in [-0.2, 0) is 4.79 Å². The predicted octanol–water partition coefficient (Wildman–Crippen LogP) is 1.86. The third kappa shape index (κ3) is 3.09. The summed E-state index contributed by atoms with van der Waals surface area (Å²) in [5, 5.41) is 9.56. The molecule has 132 valence electrons. The van der Waals surface area contributed by atoms with Crippen molar-refractivity contribution in [2.24, 2.45) is 11.8 Å². The van der Waals surface area contributed by atoms with Gasteiger partial charge in [-0.1, -0.05) is 18.2 Å². The van der Waals surface area contributed by atoms with E-state index in [2.05, 4.69) is 4.98 Å². The third-order valence-electron chi connectivity index (χ3n) is 4.33. The van der Waals surface area contributed by atoms with E-state index in [0.717, 1.165) is 4.90 Å². The van der Waals surface area contributed by atoms with E-state index in [1.807, 2.05) is 0 Å². The van der Waals surface area contributed by atoms with E-state index in [1.54, 1.807) is 24.3 Å². The Balaban J connectivity index is 1.95. The van der Waals surface area contributed by atoms with Gasteiger partial charge in [0, 0.05) is 18.6 Å². The van der Waals surface area contributed by atoms with Crippen LogP contribution in [0.4, 0.5) is 13.2 Å². The summed E-state index contributed by atoms with van der Waals surface area (Å²) >= 11 is 0. The SMILES string of the molecule is O=C(O)[C@@H]1CN(C(=O)c2cc3ccccc3[nH]c2=O)C[C@H]1C(F)(F)F. The summed E-state index contributed by atoms with van der Waals surface area (Å²) in [4.78, 5) is 39.0. The van der Waals surface area contributed by atoms with Crippen LogP contribution in [0.2, 0.25) is 0 Å². The first-order chi connectivity index (χ1) is 11.7. The molecule has 0 spiro atoms. The number of hydrogen-bond donors (Lipinski definition) is 2. The minimum absolute atomic E-state index is 0.314. The van der Waals surface area contributed by atoms with Gasteiger partial charge < -0.3 is 15.0 Å². The lowest BCUT2D eigenvalue weighted by Gasteiger charge is -2.18. The van der Waals surface area contributed by atoms with E-state index in [9.17, 15) is 27.6 Å². The van der Waals surface area contributed by atoms with Crippen LogP contribution >= 0.6 is 0 Å². The van der Waals surface area contributed by atoms with Gasteiger partial charge in [0.1, 0.15) is 5.56 Å². The molecule has 1 aromatic heterocycles. The zero-order valence-electron chi connectivity index (χ0n) is 12.7. The summed E-state index contributed by atoms with van der Waals surface area (Å²) in [6, 6.07) is 7.94. The number of hydrogen-bond acceptors (Lipinski definition) is 3. The number of carboxylic acid groups (broad SMARTS) is 1. The standard InChI is InChI=1S/C16H13F3N2O4/c17-16(18,19)11-7-21(6-10(11)15(24)25)14(23)9-5-8-3-1-2-4-12(8)20-13(9)22/h1-5,10-11H,6-7H2,(H,20,22)(H,24,25)/t10-,11-/m1/s1. The number of para-hydroxylation sites is 1. The number of aliphatic carboxylic acids is 1. The zero-order chi connectivity index (χ0) is 18.4. The van der Waals surface area contributed by atoms with Gasteiger partial charge in [-0.15, -0.1) is 0 Å². The Morgan fingerprint density at radius 3 is 2.48 bits per heavy atom. The Labute approximate surface area is 138 Å². The summed E-state index contributed by atoms with van der Waals surface area (Å²) in [6.45, 7) is -1.38. The second-order valence-corrected chi connectivity index (χ2v) is 5.90. The van der Waals surface area contributed by atoms with Crippen molar-refractivity contribution in [3.05, 3.63) is 46.2 Å². The van der Waals surface area contributed by atoms with Crippen LogP contribution in [0.3, 0.4) is 0 Å². The fourth-order valence-electron chi connectivity index (χ4n) is 3.03. The minimum atomic E-state index is -4.74. The fourth-order valence-corrected chi connectivity index (χ4v) is 3.03. The van der Waals surface area contributed by atoms with Gasteiger partial charge >= 0.3 is 12.1 Å². The molecule has 2 heterocycles. The van der Waals surface area contributed by atoms with Gasteiger partial charge in [-0.25, -0.2) is 0 Å². The van der Waals surface area contributed by atoms with Crippen molar-refractivity contribution < 1.29 is 27.9 Å². The number of likely N-dealkylation sites (tertiary alicyclic amines) is 1. The molecule has 1 aliphatic heterocycles. The Hall–Kier alpha value is -2.84. The summed E-state index contributed by atoms with van der Waals surface area (Å²) < 4.78 is 39.1. The zero-order valence-corrected chi connectivity index (χ0v) is 12.7. The van der Waals surface area contributed by atoms with Gasteiger partial charge in [-0.2, -0.15) is 13.2 Å². The van der Waals surface area contributed by atoms with E-state index in [-0.39, 0.29) is 5.56 Å². The summed E-state index contributed by atoms with van der Waals surface area (Å²) in [6.07, 6.45) is -4.74. The van der Waals surface area contributed by atoms with E-state index in [4.69, 9.17) is 5.11 Å². The monoisotopic (exact) mass is 354 g/mol. The number of nitrogens with zero attached hydrogens (tertiary/aromatic N) is 1. The number of nitrogens with one attached hydrogen (secondary N) is 1. The molecule has 1 aromatic carbocycles. The van der Waals surface area contributed by atoms with Crippen molar-refractivity contribution in [1.29, 1.82) is 0 Å². The van der Waals surface area contributed by atoms with Crippen LogP contribution in [0, 0.1) is 11.8 Å². The molecule has 6 nitrogen and oxygen atoms in total. The molecule has 2 atom stereocenters. The van der Waals surface area contributed by atoms with Gasteiger partial charge in [-0.3, -0.25) is 14.4 Å². The largest absolute Gasteiger partial charge is 0.481 e. The number of H-pyrrole nitrogens is 1. The maximum atomic E-state index is 13.0. The molecular weight excluding hydrogens is 341 g/mol. The molecule has 0 saturated carbocycles. The molecule has 1 amide bonds. The molecule has 0 bridgehead atoms. The Kier molecular flexibility index (Phi) is 4.02. The highest BCUT2D eigenvalue weighted by molar-refractivity contribution is 5.97. The number of alkyl halides is 3. The Bertz CT molecular complexity index is 906. The summed E-state index contributed by atoms with van der Waals surface area (Å²) in [5.41, 5.74) is -0.557. The highest BCUT2D eigenvalue weighted by Gasteiger charge is 2.53. The molecular formula is C16H13F3N2O4. The molecule has 0 radical (unpaired) electrons. The maximum absolute atomic E-state index is 13.0. The maximum Gasteiger partial charge on any atom is 0.394 e. The topological polar surface area (TPSA) is 90.5 Å². The first-order valence-electron chi connectivity index (χ1n) is 7.39. The molecule has 2 N–H and O–H groups in total. The van der Waals surface area contributed by atoms with Gasteiger partial charge in [0.25, 0.3) is 11.5 Å². The predicted molar refractivity (Wildman–Crippen MR) is 81.1 cm³/mol. The van der Waals surface area contributed by atoms with Crippen molar-refractivity contribution in [2.75, 3.05) is 13.1 Å². The fraction of sp³-hybridized carbons (Fsp3) is 0.312. The van der Waals surface area contributed by atoms with Crippen molar-refractivity contribution in [2.45, 2.75) is 6.18 Å². The minimum Gasteiger partial charge on any atom is -0.481 e. The smallest absolute Gasteiger partial charge is 0.394 e. The summed E-state index contributed by atoms with van der Waals surface area (Å²) in [7, 11) is 0. The number of carboxylic acids is 1. The van der Waals surface area contributed by atoms with Gasteiger partial charge in [-0.05, 0) is 17.5 Å². The van der Waals surface area contributed by atoms with E-state index in [1.165, 1.54) is 6.07 Å². The van der Waals surface area contributed by atoms with Crippen LogP contribution in [0.25, 0.3) is 10.9 Å². The number of rotatable bonds is 2. The number of fused-ring (bicyclic) bond motifs is 1. The third-order valence-corrected chi connectivity index (χ3v) is 4.33.